The Kier molecular flexibility index (Phi) is 11.3. The highest BCUT2D eigenvalue weighted by atomic mass is 16.7. The van der Waals surface area contributed by atoms with Crippen LogP contribution in [0.1, 0.15) is 77.4 Å². The Balaban J connectivity index is 1.31. The first-order valence-corrected chi connectivity index (χ1v) is 16.1. The van der Waals surface area contributed by atoms with Crippen LogP contribution in [0, 0.1) is 5.92 Å². The number of Topliss-reactive ketones (excluding diaryl/α,β-unsaturated/α-hetero) is 1. The SMILES string of the molecule is CC(=O)c1cccc(NC(=O)Cc2ccc(C3O[C@H](CN(C)[C@@H](C)[C@H](O)c4ccccc4)[C@H](C)[C@H](c4ccc(CO)cc4)O3)cc2)c1. The predicted octanol–water partition coefficient (Wildman–Crippen LogP) is 6.41. The van der Waals surface area contributed by atoms with E-state index in [2.05, 4.69) is 17.1 Å². The molecule has 4 aromatic rings. The Morgan fingerprint density at radius 1 is 0.872 bits per heavy atom. The highest BCUT2D eigenvalue weighted by Gasteiger charge is 2.39. The maximum atomic E-state index is 12.8. The highest BCUT2D eigenvalue weighted by Crippen LogP contribution is 2.42. The van der Waals surface area contributed by atoms with Crippen LogP contribution in [-0.2, 0) is 27.3 Å². The molecule has 0 spiro atoms. The Morgan fingerprint density at radius 2 is 1.53 bits per heavy atom. The zero-order valence-corrected chi connectivity index (χ0v) is 27.4. The van der Waals surface area contributed by atoms with E-state index < -0.39 is 12.4 Å². The van der Waals surface area contributed by atoms with Crippen molar-refractivity contribution in [2.24, 2.45) is 5.92 Å². The van der Waals surface area contributed by atoms with Crippen molar-refractivity contribution in [2.45, 2.75) is 64.4 Å². The third-order valence-electron chi connectivity index (χ3n) is 9.05. The Labute approximate surface area is 277 Å². The van der Waals surface area contributed by atoms with Gasteiger partial charge in [-0.05, 0) is 55.3 Å². The van der Waals surface area contributed by atoms with Crippen molar-refractivity contribution in [1.29, 1.82) is 0 Å². The first kappa shape index (κ1) is 34.2. The molecule has 0 bridgehead atoms. The highest BCUT2D eigenvalue weighted by molar-refractivity contribution is 5.97. The topological polar surface area (TPSA) is 108 Å². The molecule has 1 heterocycles. The molecule has 8 heteroatoms. The summed E-state index contributed by atoms with van der Waals surface area (Å²) >= 11 is 0. The summed E-state index contributed by atoms with van der Waals surface area (Å²) in [6, 6.07) is 31.9. The molecule has 0 radical (unpaired) electrons. The number of carbonyl (C=O) groups is 2. The molecule has 1 aliphatic rings. The van der Waals surface area contributed by atoms with Crippen molar-refractivity contribution in [3.63, 3.8) is 0 Å². The summed E-state index contributed by atoms with van der Waals surface area (Å²) in [5, 5.41) is 23.5. The summed E-state index contributed by atoms with van der Waals surface area (Å²) in [6.07, 6.45) is -1.63. The van der Waals surface area contributed by atoms with Crippen LogP contribution in [0.25, 0.3) is 0 Å². The number of rotatable bonds is 12. The van der Waals surface area contributed by atoms with Gasteiger partial charge in [0.05, 0.1) is 31.3 Å². The number of hydrogen-bond acceptors (Lipinski definition) is 7. The maximum Gasteiger partial charge on any atom is 0.228 e. The monoisotopic (exact) mass is 636 g/mol. The van der Waals surface area contributed by atoms with Gasteiger partial charge < -0.3 is 25.0 Å². The molecule has 5 rings (SSSR count). The Bertz CT molecular complexity index is 1630. The average Bonchev–Trinajstić information content (AvgIpc) is 3.09. The fraction of sp³-hybridized carbons (Fsp3) is 0.333. The van der Waals surface area contributed by atoms with Crippen molar-refractivity contribution in [1.82, 2.24) is 4.90 Å². The second-order valence-electron chi connectivity index (χ2n) is 12.5. The van der Waals surface area contributed by atoms with Crippen LogP contribution in [-0.4, -0.2) is 52.5 Å². The van der Waals surface area contributed by atoms with Gasteiger partial charge in [-0.1, -0.05) is 97.9 Å². The number of carbonyl (C=O) groups excluding carboxylic acids is 2. The Morgan fingerprint density at radius 3 is 2.19 bits per heavy atom. The van der Waals surface area contributed by atoms with Gasteiger partial charge >= 0.3 is 0 Å². The zero-order chi connectivity index (χ0) is 33.5. The van der Waals surface area contributed by atoms with Crippen LogP contribution < -0.4 is 5.32 Å². The number of ketones is 1. The van der Waals surface area contributed by atoms with Gasteiger partial charge in [-0.25, -0.2) is 0 Å². The number of anilines is 1. The number of nitrogens with zero attached hydrogens (tertiary/aromatic N) is 1. The molecular formula is C39H44N2O6. The molecule has 1 aliphatic heterocycles. The number of amides is 1. The summed E-state index contributed by atoms with van der Waals surface area (Å²) in [5.41, 5.74) is 5.48. The van der Waals surface area contributed by atoms with Gasteiger partial charge in [0.2, 0.25) is 5.91 Å². The summed E-state index contributed by atoms with van der Waals surface area (Å²) in [5.74, 6) is -0.256. The predicted molar refractivity (Wildman–Crippen MR) is 182 cm³/mol. The lowest BCUT2D eigenvalue weighted by molar-refractivity contribution is -0.276. The molecule has 1 saturated heterocycles. The number of likely N-dealkylation sites (N-methyl/N-ethyl adjacent to an activating group) is 1. The number of benzene rings is 4. The van der Waals surface area contributed by atoms with E-state index in [1.54, 1.807) is 24.3 Å². The van der Waals surface area contributed by atoms with E-state index in [0.717, 1.165) is 27.8 Å². The van der Waals surface area contributed by atoms with E-state index in [1.165, 1.54) is 6.92 Å². The van der Waals surface area contributed by atoms with Crippen molar-refractivity contribution < 1.29 is 29.3 Å². The van der Waals surface area contributed by atoms with E-state index in [0.29, 0.717) is 17.8 Å². The molecule has 0 aromatic heterocycles. The second-order valence-corrected chi connectivity index (χ2v) is 12.5. The molecular weight excluding hydrogens is 592 g/mol. The smallest absolute Gasteiger partial charge is 0.228 e. The van der Waals surface area contributed by atoms with Gasteiger partial charge in [0.25, 0.3) is 0 Å². The molecule has 6 atom stereocenters. The van der Waals surface area contributed by atoms with E-state index in [1.807, 2.05) is 92.8 Å². The second kappa shape index (κ2) is 15.6. The molecule has 0 aliphatic carbocycles. The van der Waals surface area contributed by atoms with Crippen LogP contribution in [0.5, 0.6) is 0 Å². The summed E-state index contributed by atoms with van der Waals surface area (Å²) in [7, 11) is 2.00. The van der Waals surface area contributed by atoms with Crippen molar-refractivity contribution >= 4 is 17.4 Å². The van der Waals surface area contributed by atoms with Crippen LogP contribution in [0.15, 0.2) is 103 Å². The Hall–Kier alpha value is -4.18. The van der Waals surface area contributed by atoms with E-state index in [9.17, 15) is 19.8 Å². The third-order valence-corrected chi connectivity index (χ3v) is 9.05. The number of ether oxygens (including phenoxy) is 2. The van der Waals surface area contributed by atoms with E-state index in [-0.39, 0.29) is 48.9 Å². The molecule has 1 fully saturated rings. The van der Waals surface area contributed by atoms with Crippen molar-refractivity contribution in [3.8, 4) is 0 Å². The zero-order valence-electron chi connectivity index (χ0n) is 27.4. The minimum absolute atomic E-state index is 0.0146. The van der Waals surface area contributed by atoms with Crippen LogP contribution in [0.2, 0.25) is 0 Å². The quantitative estimate of drug-likeness (QED) is 0.154. The normalized spacial score (nSPS) is 20.8. The number of hydrogen-bond donors (Lipinski definition) is 3. The molecule has 0 saturated carbocycles. The van der Waals surface area contributed by atoms with Crippen molar-refractivity contribution in [2.75, 3.05) is 18.9 Å². The van der Waals surface area contributed by atoms with E-state index >= 15 is 0 Å². The molecule has 1 amide bonds. The lowest BCUT2D eigenvalue weighted by atomic mass is 9.89. The third kappa shape index (κ3) is 8.60. The van der Waals surface area contributed by atoms with Gasteiger partial charge in [-0.2, -0.15) is 0 Å². The van der Waals surface area contributed by atoms with Gasteiger partial charge in [-0.15, -0.1) is 0 Å². The van der Waals surface area contributed by atoms with Crippen molar-refractivity contribution in [3.05, 3.63) is 137 Å². The van der Waals surface area contributed by atoms with Crippen LogP contribution >= 0.6 is 0 Å². The first-order valence-electron chi connectivity index (χ1n) is 16.1. The molecule has 8 nitrogen and oxygen atoms in total. The average molecular weight is 637 g/mol. The molecule has 4 aromatic carbocycles. The number of nitrogens with one attached hydrogen (secondary N) is 1. The van der Waals surface area contributed by atoms with Crippen LogP contribution in [0.4, 0.5) is 5.69 Å². The summed E-state index contributed by atoms with van der Waals surface area (Å²) in [6.45, 7) is 6.16. The van der Waals surface area contributed by atoms with Gasteiger partial charge in [0.1, 0.15) is 0 Å². The standard InChI is InChI=1S/C39H44N2O6/c1-25-35(23-41(4)26(2)37(45)30-9-6-5-7-10-30)46-39(47-38(25)31-17-15-29(24-42)16-18-31)32-19-13-28(14-20-32)21-36(44)40-34-12-8-11-33(22-34)27(3)43/h5-20,22,25-26,35,37-39,42,45H,21,23-24H2,1-4H3,(H,40,44)/t25-,26-,35+,37-,38+,39?/m0/s1. The molecule has 3 N–H and O–H groups in total. The number of aliphatic hydroxyl groups is 2. The molecule has 246 valence electrons. The van der Waals surface area contributed by atoms with Gasteiger partial charge in [-0.3, -0.25) is 14.5 Å². The first-order chi connectivity index (χ1) is 22.6. The van der Waals surface area contributed by atoms with Crippen LogP contribution in [0.3, 0.4) is 0 Å². The summed E-state index contributed by atoms with van der Waals surface area (Å²) < 4.78 is 13.2. The lowest BCUT2D eigenvalue weighted by Gasteiger charge is -2.43. The minimum atomic E-state index is -0.656. The fourth-order valence-corrected chi connectivity index (χ4v) is 5.95. The van der Waals surface area contributed by atoms with Gasteiger partial charge in [0, 0.05) is 35.3 Å². The fourth-order valence-electron chi connectivity index (χ4n) is 5.95. The van der Waals surface area contributed by atoms with E-state index in [4.69, 9.17) is 9.47 Å². The maximum absolute atomic E-state index is 12.8. The number of aliphatic hydroxyl groups excluding tert-OH is 2. The largest absolute Gasteiger partial charge is 0.392 e. The van der Waals surface area contributed by atoms with Gasteiger partial charge in [0.15, 0.2) is 12.1 Å². The lowest BCUT2D eigenvalue weighted by Crippen LogP contribution is -2.46. The summed E-state index contributed by atoms with van der Waals surface area (Å²) in [4.78, 5) is 26.6. The minimum Gasteiger partial charge on any atom is -0.392 e. The molecule has 47 heavy (non-hydrogen) atoms. The molecule has 1 unspecified atom stereocenters.